The monoisotopic (exact) mass is 232 g/mol. The Balaban J connectivity index is 2.03. The molecule has 0 spiro atoms. The first-order valence-corrected chi connectivity index (χ1v) is 6.20. The van der Waals surface area contributed by atoms with Crippen LogP contribution in [0.2, 0.25) is 0 Å². The van der Waals surface area contributed by atoms with Crippen molar-refractivity contribution in [3.63, 3.8) is 0 Å². The van der Waals surface area contributed by atoms with Gasteiger partial charge in [0.05, 0.1) is 0 Å². The highest BCUT2D eigenvalue weighted by Gasteiger charge is 2.39. The number of carboxylic acid groups (broad SMARTS) is 1. The van der Waals surface area contributed by atoms with Crippen LogP contribution in [-0.4, -0.2) is 11.1 Å². The van der Waals surface area contributed by atoms with Gasteiger partial charge in [0.25, 0.3) is 0 Å². The molecule has 0 bridgehead atoms. The number of rotatable bonds is 3. The Bertz CT molecular complexity index is 412. The highest BCUT2D eigenvalue weighted by Crippen LogP contribution is 2.49. The van der Waals surface area contributed by atoms with E-state index in [1.165, 1.54) is 11.1 Å². The van der Waals surface area contributed by atoms with Gasteiger partial charge in [0, 0.05) is 6.42 Å². The molecule has 1 fully saturated rings. The second kappa shape index (κ2) is 4.17. The molecule has 1 N–H and O–H groups in total. The van der Waals surface area contributed by atoms with Crippen LogP contribution in [0.4, 0.5) is 0 Å². The Labute approximate surface area is 103 Å². The molecular formula is C15H20O2. The van der Waals surface area contributed by atoms with E-state index in [0.29, 0.717) is 18.3 Å². The summed E-state index contributed by atoms with van der Waals surface area (Å²) in [6, 6.07) is 8.66. The summed E-state index contributed by atoms with van der Waals surface area (Å²) in [5.41, 5.74) is 2.81. The van der Waals surface area contributed by atoms with Gasteiger partial charge in [-0.15, -0.1) is 0 Å². The Kier molecular flexibility index (Phi) is 2.98. The lowest BCUT2D eigenvalue weighted by Crippen LogP contribution is -2.10. The molecule has 2 nitrogen and oxygen atoms in total. The first-order valence-electron chi connectivity index (χ1n) is 6.20. The second-order valence-corrected chi connectivity index (χ2v) is 6.07. The van der Waals surface area contributed by atoms with Crippen molar-refractivity contribution >= 4 is 5.97 Å². The van der Waals surface area contributed by atoms with Crippen LogP contribution in [-0.2, 0) is 10.2 Å². The molecule has 0 heterocycles. The van der Waals surface area contributed by atoms with E-state index in [0.717, 1.165) is 6.42 Å². The molecule has 1 aliphatic carbocycles. The Hall–Kier alpha value is -1.31. The number of carbonyl (C=O) groups is 1. The maximum atomic E-state index is 10.6. The molecule has 0 aromatic heterocycles. The summed E-state index contributed by atoms with van der Waals surface area (Å²) in [4.78, 5) is 10.6. The smallest absolute Gasteiger partial charge is 0.303 e. The van der Waals surface area contributed by atoms with Crippen LogP contribution in [0, 0.1) is 5.92 Å². The number of hydrogen-bond donors (Lipinski definition) is 1. The number of benzene rings is 1. The summed E-state index contributed by atoms with van der Waals surface area (Å²) >= 11 is 0. The molecule has 17 heavy (non-hydrogen) atoms. The summed E-state index contributed by atoms with van der Waals surface area (Å²) in [7, 11) is 0. The molecule has 0 aliphatic heterocycles. The predicted octanol–water partition coefficient (Wildman–Crippen LogP) is 3.56. The lowest BCUT2D eigenvalue weighted by Gasteiger charge is -2.19. The summed E-state index contributed by atoms with van der Waals surface area (Å²) < 4.78 is 0. The van der Waals surface area contributed by atoms with Gasteiger partial charge in [0.2, 0.25) is 0 Å². The van der Waals surface area contributed by atoms with E-state index >= 15 is 0 Å². The van der Waals surface area contributed by atoms with Gasteiger partial charge >= 0.3 is 5.97 Å². The van der Waals surface area contributed by atoms with Gasteiger partial charge in [0.1, 0.15) is 0 Å². The molecule has 0 amide bonds. The molecule has 1 saturated carbocycles. The highest BCUT2D eigenvalue weighted by atomic mass is 16.4. The molecule has 92 valence electrons. The second-order valence-electron chi connectivity index (χ2n) is 6.07. The number of hydrogen-bond acceptors (Lipinski definition) is 1. The SMILES string of the molecule is CC(C)(C)c1ccc(C2CC2CC(=O)O)cc1. The number of aliphatic carboxylic acids is 1. The van der Waals surface area contributed by atoms with E-state index in [1.54, 1.807) is 0 Å². The summed E-state index contributed by atoms with van der Waals surface area (Å²) in [6.45, 7) is 6.60. The van der Waals surface area contributed by atoms with Gasteiger partial charge in [-0.1, -0.05) is 45.0 Å². The maximum Gasteiger partial charge on any atom is 0.303 e. The normalized spacial score (nSPS) is 23.5. The zero-order chi connectivity index (χ0) is 12.6. The van der Waals surface area contributed by atoms with Crippen molar-refractivity contribution in [3.05, 3.63) is 35.4 Å². The predicted molar refractivity (Wildman–Crippen MR) is 68.2 cm³/mol. The zero-order valence-electron chi connectivity index (χ0n) is 10.7. The van der Waals surface area contributed by atoms with Crippen molar-refractivity contribution in [2.75, 3.05) is 0 Å². The lowest BCUT2D eigenvalue weighted by atomic mass is 9.86. The minimum atomic E-state index is -0.677. The third-order valence-electron chi connectivity index (χ3n) is 3.56. The van der Waals surface area contributed by atoms with E-state index in [4.69, 9.17) is 5.11 Å². The molecule has 1 aromatic rings. The van der Waals surface area contributed by atoms with Crippen LogP contribution in [0.3, 0.4) is 0 Å². The molecular weight excluding hydrogens is 212 g/mol. The van der Waals surface area contributed by atoms with Crippen molar-refractivity contribution in [2.24, 2.45) is 5.92 Å². The van der Waals surface area contributed by atoms with Crippen molar-refractivity contribution < 1.29 is 9.90 Å². The first-order chi connectivity index (χ1) is 7.88. The Morgan fingerprint density at radius 1 is 1.29 bits per heavy atom. The molecule has 2 heteroatoms. The molecule has 1 aliphatic rings. The molecule has 0 radical (unpaired) electrons. The van der Waals surface area contributed by atoms with Gasteiger partial charge in [-0.2, -0.15) is 0 Å². The van der Waals surface area contributed by atoms with E-state index in [-0.39, 0.29) is 5.41 Å². The van der Waals surface area contributed by atoms with Crippen molar-refractivity contribution in [3.8, 4) is 0 Å². The minimum absolute atomic E-state index is 0.183. The average Bonchev–Trinajstić information content (AvgIpc) is 2.95. The van der Waals surface area contributed by atoms with E-state index in [9.17, 15) is 4.79 Å². The lowest BCUT2D eigenvalue weighted by molar-refractivity contribution is -0.137. The zero-order valence-corrected chi connectivity index (χ0v) is 10.7. The van der Waals surface area contributed by atoms with Crippen molar-refractivity contribution in [1.82, 2.24) is 0 Å². The van der Waals surface area contributed by atoms with Crippen molar-refractivity contribution in [2.45, 2.75) is 44.9 Å². The van der Waals surface area contributed by atoms with Gasteiger partial charge in [-0.05, 0) is 34.8 Å². The number of carboxylic acids is 1. The van der Waals surface area contributed by atoms with E-state index < -0.39 is 5.97 Å². The molecule has 1 aromatic carbocycles. The fourth-order valence-electron chi connectivity index (χ4n) is 2.34. The largest absolute Gasteiger partial charge is 0.481 e. The van der Waals surface area contributed by atoms with Crippen LogP contribution in [0.15, 0.2) is 24.3 Å². The van der Waals surface area contributed by atoms with Gasteiger partial charge in [-0.25, -0.2) is 0 Å². The van der Waals surface area contributed by atoms with E-state index in [2.05, 4.69) is 45.0 Å². The minimum Gasteiger partial charge on any atom is -0.481 e. The Morgan fingerprint density at radius 2 is 1.88 bits per heavy atom. The summed E-state index contributed by atoms with van der Waals surface area (Å²) in [5, 5.41) is 8.74. The quantitative estimate of drug-likeness (QED) is 0.865. The fraction of sp³-hybridized carbons (Fsp3) is 0.533. The molecule has 2 rings (SSSR count). The summed E-state index contributed by atoms with van der Waals surface area (Å²) in [6.07, 6.45) is 1.34. The van der Waals surface area contributed by atoms with Gasteiger partial charge < -0.3 is 5.11 Å². The average molecular weight is 232 g/mol. The first kappa shape index (κ1) is 12.2. The van der Waals surface area contributed by atoms with Crippen LogP contribution in [0.1, 0.15) is 50.7 Å². The fourth-order valence-corrected chi connectivity index (χ4v) is 2.34. The topological polar surface area (TPSA) is 37.3 Å². The van der Waals surface area contributed by atoms with Crippen LogP contribution >= 0.6 is 0 Å². The summed E-state index contributed by atoms with van der Waals surface area (Å²) in [5.74, 6) is 0.150. The third kappa shape index (κ3) is 2.87. The van der Waals surface area contributed by atoms with Crippen LogP contribution in [0.5, 0.6) is 0 Å². The standard InChI is InChI=1S/C15H20O2/c1-15(2,3)12-6-4-10(5-7-12)13-8-11(13)9-14(16)17/h4-7,11,13H,8-9H2,1-3H3,(H,16,17). The van der Waals surface area contributed by atoms with Gasteiger partial charge in [-0.3, -0.25) is 4.79 Å². The maximum absolute atomic E-state index is 10.6. The Morgan fingerprint density at radius 3 is 2.35 bits per heavy atom. The van der Waals surface area contributed by atoms with Crippen LogP contribution in [0.25, 0.3) is 0 Å². The van der Waals surface area contributed by atoms with Crippen molar-refractivity contribution in [1.29, 1.82) is 0 Å². The van der Waals surface area contributed by atoms with Crippen LogP contribution < -0.4 is 0 Å². The van der Waals surface area contributed by atoms with Gasteiger partial charge in [0.15, 0.2) is 0 Å². The van der Waals surface area contributed by atoms with E-state index in [1.807, 2.05) is 0 Å². The third-order valence-corrected chi connectivity index (χ3v) is 3.56. The molecule has 0 saturated heterocycles. The highest BCUT2D eigenvalue weighted by molar-refractivity contribution is 5.67. The molecule has 2 atom stereocenters. The molecule has 2 unspecified atom stereocenters.